The van der Waals surface area contributed by atoms with Crippen molar-refractivity contribution in [2.75, 3.05) is 0 Å². The van der Waals surface area contributed by atoms with E-state index < -0.39 is 16.8 Å². The first-order chi connectivity index (χ1) is 17.2. The van der Waals surface area contributed by atoms with Gasteiger partial charge in [-0.1, -0.05) is 12.1 Å². The minimum atomic E-state index is -0.983. The fourth-order valence-electron chi connectivity index (χ4n) is 3.17. The van der Waals surface area contributed by atoms with Gasteiger partial charge in [-0.25, -0.2) is 10.2 Å². The molecular weight excluding hydrogens is 696 g/mol. The van der Waals surface area contributed by atoms with E-state index in [4.69, 9.17) is 14.3 Å². The molecule has 0 radical (unpaired) electrons. The van der Waals surface area contributed by atoms with Crippen LogP contribution in [0, 0.1) is 17.3 Å². The molecule has 0 fully saturated rings. The van der Waals surface area contributed by atoms with Gasteiger partial charge in [-0.15, -0.1) is 0 Å². The molecule has 0 unspecified atom stereocenters. The molecule has 4 rings (SSSR count). The van der Waals surface area contributed by atoms with Crippen LogP contribution in [0.4, 0.5) is 5.69 Å². The van der Waals surface area contributed by atoms with Crippen molar-refractivity contribution in [3.8, 4) is 5.75 Å². The topological polar surface area (TPSA) is 144 Å². The van der Waals surface area contributed by atoms with Crippen LogP contribution in [0.2, 0.25) is 0 Å². The summed E-state index contributed by atoms with van der Waals surface area (Å²) in [5.41, 5.74) is 4.41. The van der Waals surface area contributed by atoms with Gasteiger partial charge in [-0.3, -0.25) is 14.9 Å². The number of rotatable bonds is 8. The monoisotopic (exact) mass is 711 g/mol. The number of hydrazone groups is 1. The van der Waals surface area contributed by atoms with Crippen molar-refractivity contribution in [3.05, 3.63) is 100 Å². The Morgan fingerprint density at radius 1 is 1.08 bits per heavy atom. The molecule has 4 aromatic rings. The van der Waals surface area contributed by atoms with E-state index in [1.807, 2.05) is 12.1 Å². The number of amides is 1. The molecule has 0 aliphatic heterocycles. The number of benzene rings is 3. The molecule has 0 atom stereocenters. The van der Waals surface area contributed by atoms with Crippen LogP contribution < -0.4 is 10.2 Å². The zero-order chi connectivity index (χ0) is 25.8. The van der Waals surface area contributed by atoms with Crippen molar-refractivity contribution in [1.82, 2.24) is 5.43 Å². The minimum absolute atomic E-state index is 0.0213. The standard InChI is InChI=1S/C24H15I2N3O7/c25-18-7-14(8-19(26)22(18)35-12-13-1-3-15(4-2-13)24(31)32)11-27-28-23(30)21-10-16-9-17(29(33)34)5-6-20(16)36-21/h1-11H,12H2,(H,28,30)(H,31,32)/b27-11+. The third kappa shape index (κ3) is 5.99. The lowest BCUT2D eigenvalue weighted by atomic mass is 10.1. The highest BCUT2D eigenvalue weighted by molar-refractivity contribution is 14.1. The van der Waals surface area contributed by atoms with Crippen LogP contribution in [-0.4, -0.2) is 28.1 Å². The fraction of sp³-hybridized carbons (Fsp3) is 0.0417. The number of ether oxygens (including phenoxy) is 1. The third-order valence-corrected chi connectivity index (χ3v) is 6.52. The number of carbonyl (C=O) groups is 2. The number of hydrogen-bond donors (Lipinski definition) is 2. The molecule has 0 aliphatic rings. The van der Waals surface area contributed by atoms with Crippen LogP contribution >= 0.6 is 45.2 Å². The molecule has 3 aromatic carbocycles. The lowest BCUT2D eigenvalue weighted by Crippen LogP contribution is -2.16. The van der Waals surface area contributed by atoms with Gasteiger partial charge >= 0.3 is 11.9 Å². The summed E-state index contributed by atoms with van der Waals surface area (Å²) in [4.78, 5) is 33.7. The van der Waals surface area contributed by atoms with Gasteiger partial charge in [0.25, 0.3) is 5.69 Å². The first-order valence-electron chi connectivity index (χ1n) is 10.2. The number of furan rings is 1. The summed E-state index contributed by atoms with van der Waals surface area (Å²) >= 11 is 4.28. The molecule has 10 nitrogen and oxygen atoms in total. The first-order valence-corrected chi connectivity index (χ1v) is 12.3. The van der Waals surface area contributed by atoms with E-state index >= 15 is 0 Å². The number of halogens is 2. The van der Waals surface area contributed by atoms with Crippen LogP contribution in [0.15, 0.2) is 70.2 Å². The molecule has 2 N–H and O–H groups in total. The van der Waals surface area contributed by atoms with Gasteiger partial charge in [0.2, 0.25) is 0 Å². The maximum absolute atomic E-state index is 12.4. The summed E-state index contributed by atoms with van der Waals surface area (Å²) in [5, 5.41) is 24.3. The molecule has 0 spiro atoms. The molecule has 1 heterocycles. The highest BCUT2D eigenvalue weighted by Crippen LogP contribution is 2.29. The molecular formula is C24H15I2N3O7. The number of carboxylic acid groups (broad SMARTS) is 1. The van der Waals surface area contributed by atoms with Crippen molar-refractivity contribution < 1.29 is 28.8 Å². The Morgan fingerprint density at radius 2 is 1.78 bits per heavy atom. The van der Waals surface area contributed by atoms with E-state index in [2.05, 4.69) is 55.7 Å². The number of carboxylic acids is 1. The Morgan fingerprint density at radius 3 is 2.42 bits per heavy atom. The van der Waals surface area contributed by atoms with E-state index in [0.29, 0.717) is 16.7 Å². The van der Waals surface area contributed by atoms with Crippen LogP contribution in [-0.2, 0) is 6.61 Å². The van der Waals surface area contributed by atoms with Crippen LogP contribution in [0.25, 0.3) is 11.0 Å². The second kappa shape index (κ2) is 11.0. The highest BCUT2D eigenvalue weighted by atomic mass is 127. The lowest BCUT2D eigenvalue weighted by Gasteiger charge is -2.11. The molecule has 1 amide bonds. The number of nitrogens with zero attached hydrogens (tertiary/aromatic N) is 2. The SMILES string of the molecule is O=C(O)c1ccc(COc2c(I)cc(/C=N/NC(=O)c3cc4cc([N+](=O)[O-])ccc4o3)cc2I)cc1. The Kier molecular flexibility index (Phi) is 7.83. The van der Waals surface area contributed by atoms with Crippen molar-refractivity contribution in [2.24, 2.45) is 5.10 Å². The Hall–Kier alpha value is -3.53. The normalized spacial score (nSPS) is 11.1. The van der Waals surface area contributed by atoms with Gasteiger partial charge in [-0.05, 0) is 92.7 Å². The molecule has 36 heavy (non-hydrogen) atoms. The zero-order valence-electron chi connectivity index (χ0n) is 18.1. The van der Waals surface area contributed by atoms with Crippen molar-refractivity contribution >= 4 is 79.9 Å². The van der Waals surface area contributed by atoms with E-state index in [1.165, 1.54) is 42.6 Å². The summed E-state index contributed by atoms with van der Waals surface area (Å²) in [6.45, 7) is 0.274. The summed E-state index contributed by atoms with van der Waals surface area (Å²) in [6, 6.07) is 15.6. The first kappa shape index (κ1) is 25.6. The molecule has 182 valence electrons. The number of nitrogens with one attached hydrogen (secondary N) is 1. The maximum Gasteiger partial charge on any atom is 0.335 e. The summed E-state index contributed by atoms with van der Waals surface area (Å²) < 4.78 is 13.0. The molecule has 0 saturated carbocycles. The van der Waals surface area contributed by atoms with Crippen molar-refractivity contribution in [1.29, 1.82) is 0 Å². The van der Waals surface area contributed by atoms with Crippen LogP contribution in [0.5, 0.6) is 5.75 Å². The molecule has 12 heteroatoms. The van der Waals surface area contributed by atoms with E-state index in [1.54, 1.807) is 12.1 Å². The van der Waals surface area contributed by atoms with E-state index in [0.717, 1.165) is 18.3 Å². The molecule has 0 aliphatic carbocycles. The predicted octanol–water partition coefficient (Wildman–Crippen LogP) is 5.59. The summed E-state index contributed by atoms with van der Waals surface area (Å²) in [5.74, 6) is -0.921. The predicted molar refractivity (Wildman–Crippen MR) is 148 cm³/mol. The van der Waals surface area contributed by atoms with Gasteiger partial charge in [0.15, 0.2) is 5.76 Å². The largest absolute Gasteiger partial charge is 0.487 e. The molecule has 0 bridgehead atoms. The summed E-state index contributed by atoms with van der Waals surface area (Å²) in [6.07, 6.45) is 1.48. The van der Waals surface area contributed by atoms with Gasteiger partial charge in [0.1, 0.15) is 17.9 Å². The quantitative estimate of drug-likeness (QED) is 0.105. The van der Waals surface area contributed by atoms with Gasteiger partial charge in [0.05, 0.1) is 23.8 Å². The fourth-order valence-corrected chi connectivity index (χ4v) is 5.30. The average Bonchev–Trinajstić information content (AvgIpc) is 3.27. The molecule has 0 saturated heterocycles. The minimum Gasteiger partial charge on any atom is -0.487 e. The van der Waals surface area contributed by atoms with E-state index in [-0.39, 0.29) is 23.6 Å². The van der Waals surface area contributed by atoms with E-state index in [9.17, 15) is 19.7 Å². The number of non-ortho nitro benzene ring substituents is 1. The third-order valence-electron chi connectivity index (χ3n) is 4.92. The van der Waals surface area contributed by atoms with Crippen molar-refractivity contribution in [2.45, 2.75) is 6.61 Å². The second-order valence-electron chi connectivity index (χ2n) is 7.39. The van der Waals surface area contributed by atoms with Crippen LogP contribution in [0.1, 0.15) is 32.0 Å². The lowest BCUT2D eigenvalue weighted by molar-refractivity contribution is -0.384. The Balaban J connectivity index is 1.39. The number of hydrogen-bond acceptors (Lipinski definition) is 7. The number of aromatic carboxylic acids is 1. The number of fused-ring (bicyclic) bond motifs is 1. The average molecular weight is 711 g/mol. The Labute approximate surface area is 230 Å². The number of carbonyl (C=O) groups excluding carboxylic acids is 1. The van der Waals surface area contributed by atoms with Gasteiger partial charge in [0, 0.05) is 17.5 Å². The zero-order valence-corrected chi connectivity index (χ0v) is 22.4. The van der Waals surface area contributed by atoms with Gasteiger partial charge in [-0.2, -0.15) is 5.10 Å². The highest BCUT2D eigenvalue weighted by Gasteiger charge is 2.15. The Bertz CT molecular complexity index is 1490. The van der Waals surface area contributed by atoms with Crippen LogP contribution in [0.3, 0.4) is 0 Å². The smallest absolute Gasteiger partial charge is 0.335 e. The number of nitro groups is 1. The second-order valence-corrected chi connectivity index (χ2v) is 9.72. The van der Waals surface area contributed by atoms with Crippen molar-refractivity contribution in [3.63, 3.8) is 0 Å². The maximum atomic E-state index is 12.4. The van der Waals surface area contributed by atoms with Gasteiger partial charge < -0.3 is 14.3 Å². The summed E-state index contributed by atoms with van der Waals surface area (Å²) in [7, 11) is 0. The molecule has 1 aromatic heterocycles. The number of nitro benzene ring substituents is 1.